The number of hydrogen-bond donors (Lipinski definition) is 2. The maximum Gasteiger partial charge on any atom is 0.110 e. The Labute approximate surface area is 118 Å². The number of benzene rings is 1. The Bertz CT molecular complexity index is 577. The van der Waals surface area contributed by atoms with Crippen LogP contribution in [-0.2, 0) is 13.0 Å². The lowest BCUT2D eigenvalue weighted by atomic mass is 10.1. The van der Waals surface area contributed by atoms with Gasteiger partial charge in [-0.1, -0.05) is 18.2 Å². The van der Waals surface area contributed by atoms with Gasteiger partial charge in [0.05, 0.1) is 6.04 Å². The fraction of sp³-hybridized carbons (Fsp3) is 0.400. The molecule has 1 atom stereocenters. The molecule has 3 nitrogen and oxygen atoms in total. The second-order valence-corrected chi connectivity index (χ2v) is 5.95. The van der Waals surface area contributed by atoms with Crippen molar-refractivity contribution in [2.75, 3.05) is 11.9 Å². The second kappa shape index (κ2) is 5.31. The highest BCUT2D eigenvalue weighted by Gasteiger charge is 2.15. The van der Waals surface area contributed by atoms with Crippen molar-refractivity contribution >= 4 is 17.0 Å². The van der Waals surface area contributed by atoms with E-state index in [0.717, 1.165) is 30.2 Å². The summed E-state index contributed by atoms with van der Waals surface area (Å²) >= 11 is 1.73. The highest BCUT2D eigenvalue weighted by Crippen LogP contribution is 2.27. The molecule has 1 aromatic carbocycles. The molecule has 2 heterocycles. The molecule has 2 aromatic rings. The van der Waals surface area contributed by atoms with Crippen molar-refractivity contribution in [1.82, 2.24) is 10.3 Å². The van der Waals surface area contributed by atoms with E-state index < -0.39 is 0 Å². The van der Waals surface area contributed by atoms with Crippen LogP contribution in [0, 0.1) is 6.92 Å². The third kappa shape index (κ3) is 2.65. The molecule has 0 amide bonds. The zero-order valence-electron chi connectivity index (χ0n) is 11.4. The summed E-state index contributed by atoms with van der Waals surface area (Å²) in [5.74, 6) is 0. The SMILES string of the molecule is Cc1csc(C(C)NCc2cccc3c2NCC3)n1. The van der Waals surface area contributed by atoms with Crippen LogP contribution >= 0.6 is 11.3 Å². The fourth-order valence-electron chi connectivity index (χ4n) is 2.48. The molecule has 2 N–H and O–H groups in total. The number of nitrogens with one attached hydrogen (secondary N) is 2. The van der Waals surface area contributed by atoms with Gasteiger partial charge in [-0.05, 0) is 31.4 Å². The van der Waals surface area contributed by atoms with Crippen molar-refractivity contribution in [3.05, 3.63) is 45.4 Å². The van der Waals surface area contributed by atoms with Gasteiger partial charge in [0, 0.05) is 29.9 Å². The van der Waals surface area contributed by atoms with Crippen molar-refractivity contribution in [3.63, 3.8) is 0 Å². The van der Waals surface area contributed by atoms with Gasteiger partial charge in [-0.25, -0.2) is 4.98 Å². The minimum Gasteiger partial charge on any atom is -0.384 e. The fourth-order valence-corrected chi connectivity index (χ4v) is 3.31. The predicted molar refractivity (Wildman–Crippen MR) is 80.7 cm³/mol. The van der Waals surface area contributed by atoms with Crippen LogP contribution in [0.2, 0.25) is 0 Å². The first-order valence-electron chi connectivity index (χ1n) is 6.74. The summed E-state index contributed by atoms with van der Waals surface area (Å²) in [7, 11) is 0. The first-order valence-corrected chi connectivity index (χ1v) is 7.62. The summed E-state index contributed by atoms with van der Waals surface area (Å²) in [5, 5.41) is 10.3. The van der Waals surface area contributed by atoms with Crippen LogP contribution in [0.5, 0.6) is 0 Å². The summed E-state index contributed by atoms with van der Waals surface area (Å²) in [4.78, 5) is 4.54. The van der Waals surface area contributed by atoms with Crippen LogP contribution in [-0.4, -0.2) is 11.5 Å². The Morgan fingerprint density at radius 2 is 2.37 bits per heavy atom. The zero-order chi connectivity index (χ0) is 13.2. The number of fused-ring (bicyclic) bond motifs is 1. The van der Waals surface area contributed by atoms with Gasteiger partial charge in [0.1, 0.15) is 5.01 Å². The van der Waals surface area contributed by atoms with Crippen LogP contribution in [0.3, 0.4) is 0 Å². The minimum absolute atomic E-state index is 0.302. The highest BCUT2D eigenvalue weighted by atomic mass is 32.1. The van der Waals surface area contributed by atoms with Gasteiger partial charge in [-0.15, -0.1) is 11.3 Å². The van der Waals surface area contributed by atoms with Gasteiger partial charge < -0.3 is 10.6 Å². The van der Waals surface area contributed by atoms with Crippen LogP contribution in [0.1, 0.15) is 34.8 Å². The molecular weight excluding hydrogens is 254 g/mol. The highest BCUT2D eigenvalue weighted by molar-refractivity contribution is 7.09. The number of para-hydroxylation sites is 1. The smallest absolute Gasteiger partial charge is 0.110 e. The van der Waals surface area contributed by atoms with Crippen molar-refractivity contribution in [2.45, 2.75) is 32.9 Å². The molecule has 0 fully saturated rings. The van der Waals surface area contributed by atoms with E-state index in [1.807, 2.05) is 6.92 Å². The molecule has 19 heavy (non-hydrogen) atoms. The number of rotatable bonds is 4. The van der Waals surface area contributed by atoms with E-state index in [1.165, 1.54) is 16.8 Å². The quantitative estimate of drug-likeness (QED) is 0.897. The average molecular weight is 273 g/mol. The van der Waals surface area contributed by atoms with Crippen LogP contribution in [0.4, 0.5) is 5.69 Å². The number of aryl methyl sites for hydroxylation is 1. The summed E-state index contributed by atoms with van der Waals surface area (Å²) in [6.45, 7) is 6.17. The molecule has 0 saturated heterocycles. The average Bonchev–Trinajstić information content (AvgIpc) is 3.04. The topological polar surface area (TPSA) is 37.0 Å². The van der Waals surface area contributed by atoms with Gasteiger partial charge in [-0.2, -0.15) is 0 Å². The lowest BCUT2D eigenvalue weighted by Crippen LogP contribution is -2.18. The van der Waals surface area contributed by atoms with Crippen LogP contribution < -0.4 is 10.6 Å². The van der Waals surface area contributed by atoms with E-state index in [4.69, 9.17) is 0 Å². The third-order valence-corrected chi connectivity index (χ3v) is 4.68. The Hall–Kier alpha value is -1.39. The molecule has 0 bridgehead atoms. The molecule has 0 spiro atoms. The van der Waals surface area contributed by atoms with E-state index in [-0.39, 0.29) is 0 Å². The Morgan fingerprint density at radius 3 is 3.16 bits per heavy atom. The van der Waals surface area contributed by atoms with Crippen LogP contribution in [0.25, 0.3) is 0 Å². The Balaban J connectivity index is 1.68. The zero-order valence-corrected chi connectivity index (χ0v) is 12.2. The minimum atomic E-state index is 0.302. The van der Waals surface area contributed by atoms with Gasteiger partial charge in [0.2, 0.25) is 0 Å². The number of aromatic nitrogens is 1. The molecule has 0 radical (unpaired) electrons. The monoisotopic (exact) mass is 273 g/mol. The molecule has 100 valence electrons. The number of hydrogen-bond acceptors (Lipinski definition) is 4. The van der Waals surface area contributed by atoms with E-state index in [2.05, 4.69) is 46.1 Å². The van der Waals surface area contributed by atoms with E-state index in [1.54, 1.807) is 11.3 Å². The van der Waals surface area contributed by atoms with Crippen molar-refractivity contribution in [1.29, 1.82) is 0 Å². The maximum absolute atomic E-state index is 4.54. The third-order valence-electron chi connectivity index (χ3n) is 3.54. The van der Waals surface area contributed by atoms with Crippen molar-refractivity contribution < 1.29 is 0 Å². The molecule has 0 saturated carbocycles. The molecule has 1 aromatic heterocycles. The normalized spacial score (nSPS) is 15.1. The molecule has 0 aliphatic carbocycles. The van der Waals surface area contributed by atoms with E-state index in [0.29, 0.717) is 6.04 Å². The molecule has 4 heteroatoms. The van der Waals surface area contributed by atoms with E-state index >= 15 is 0 Å². The summed E-state index contributed by atoms with van der Waals surface area (Å²) < 4.78 is 0. The Morgan fingerprint density at radius 1 is 1.47 bits per heavy atom. The standard InChI is InChI=1S/C15H19N3S/c1-10-9-19-15(18-10)11(2)17-8-13-5-3-4-12-6-7-16-14(12)13/h3-5,9,11,16-17H,6-8H2,1-2H3. The largest absolute Gasteiger partial charge is 0.384 e. The number of nitrogens with zero attached hydrogens (tertiary/aromatic N) is 1. The summed E-state index contributed by atoms with van der Waals surface area (Å²) in [5.41, 5.74) is 5.24. The molecule has 1 aliphatic heterocycles. The maximum atomic E-state index is 4.54. The molecule has 1 unspecified atom stereocenters. The first kappa shape index (κ1) is 12.6. The van der Waals surface area contributed by atoms with Gasteiger partial charge in [0.25, 0.3) is 0 Å². The van der Waals surface area contributed by atoms with E-state index in [9.17, 15) is 0 Å². The lowest BCUT2D eigenvalue weighted by Gasteiger charge is -2.14. The van der Waals surface area contributed by atoms with Crippen molar-refractivity contribution in [2.24, 2.45) is 0 Å². The van der Waals surface area contributed by atoms with Gasteiger partial charge >= 0.3 is 0 Å². The van der Waals surface area contributed by atoms with Crippen molar-refractivity contribution in [3.8, 4) is 0 Å². The summed E-state index contributed by atoms with van der Waals surface area (Å²) in [6.07, 6.45) is 1.14. The van der Waals surface area contributed by atoms with Crippen LogP contribution in [0.15, 0.2) is 23.6 Å². The molecular formula is C15H19N3S. The number of anilines is 1. The predicted octanol–water partition coefficient (Wildman–Crippen LogP) is 3.27. The van der Waals surface area contributed by atoms with Gasteiger partial charge in [0.15, 0.2) is 0 Å². The molecule has 1 aliphatic rings. The second-order valence-electron chi connectivity index (χ2n) is 5.06. The summed E-state index contributed by atoms with van der Waals surface area (Å²) in [6, 6.07) is 6.87. The number of thiazole rings is 1. The van der Waals surface area contributed by atoms with Gasteiger partial charge in [-0.3, -0.25) is 0 Å². The molecule has 3 rings (SSSR count). The lowest BCUT2D eigenvalue weighted by molar-refractivity contribution is 0.571. The first-order chi connectivity index (χ1) is 9.24. The Kier molecular flexibility index (Phi) is 3.53.